The van der Waals surface area contributed by atoms with Crippen LogP contribution < -0.4 is 0 Å². The molecule has 0 saturated heterocycles. The number of oxime groups is 1. The molecule has 2 rings (SSSR count). The lowest BCUT2D eigenvalue weighted by Crippen LogP contribution is -2.21. The first-order chi connectivity index (χ1) is 9.67. The summed E-state index contributed by atoms with van der Waals surface area (Å²) in [4.78, 5) is 26.6. The fourth-order valence-corrected chi connectivity index (χ4v) is 1.91. The van der Waals surface area contributed by atoms with Crippen molar-refractivity contribution in [3.05, 3.63) is 36.0 Å². The SMILES string of the molecule is CCOC(=O)/C(CC(=O)c1c[nH]c2ccccc12)=N/O. The predicted molar refractivity (Wildman–Crippen MR) is 73.1 cm³/mol. The molecule has 0 aliphatic rings. The fourth-order valence-electron chi connectivity index (χ4n) is 1.91. The molecule has 2 N–H and O–H groups in total. The van der Waals surface area contributed by atoms with Gasteiger partial charge in [-0.05, 0) is 13.0 Å². The number of aromatic nitrogens is 1. The van der Waals surface area contributed by atoms with Gasteiger partial charge in [-0.1, -0.05) is 23.4 Å². The number of H-pyrrole nitrogens is 1. The van der Waals surface area contributed by atoms with E-state index in [2.05, 4.69) is 10.1 Å². The predicted octanol–water partition coefficient (Wildman–Crippen LogP) is 2.13. The molecule has 0 unspecified atom stereocenters. The van der Waals surface area contributed by atoms with Crippen LogP contribution in [0.2, 0.25) is 0 Å². The van der Waals surface area contributed by atoms with Crippen LogP contribution in [-0.2, 0) is 9.53 Å². The van der Waals surface area contributed by atoms with E-state index in [1.165, 1.54) is 0 Å². The second kappa shape index (κ2) is 6.01. The molecule has 104 valence electrons. The molecule has 20 heavy (non-hydrogen) atoms. The molecule has 0 spiro atoms. The first-order valence-electron chi connectivity index (χ1n) is 6.14. The summed E-state index contributed by atoms with van der Waals surface area (Å²) in [5, 5.41) is 12.4. The van der Waals surface area contributed by atoms with Crippen molar-refractivity contribution in [3.8, 4) is 0 Å². The number of Topliss-reactive ketones (excluding diaryl/α,β-unsaturated/α-hetero) is 1. The van der Waals surface area contributed by atoms with Crippen LogP contribution in [0.3, 0.4) is 0 Å². The standard InChI is InChI=1S/C14H14N2O4/c1-2-20-14(18)12(16-19)7-13(17)10-8-15-11-6-4-3-5-9(10)11/h3-6,8,15,19H,2,7H2,1H3/b16-12+. The molecule has 0 atom stereocenters. The summed E-state index contributed by atoms with van der Waals surface area (Å²) in [7, 11) is 0. The summed E-state index contributed by atoms with van der Waals surface area (Å²) in [5.41, 5.74) is 0.975. The molecule has 6 heteroatoms. The van der Waals surface area contributed by atoms with Crippen molar-refractivity contribution >= 4 is 28.4 Å². The molecular weight excluding hydrogens is 260 g/mol. The zero-order valence-corrected chi connectivity index (χ0v) is 10.9. The molecule has 1 heterocycles. The minimum absolute atomic E-state index is 0.152. The lowest BCUT2D eigenvalue weighted by molar-refractivity contribution is -0.135. The maximum Gasteiger partial charge on any atom is 0.356 e. The smallest absolute Gasteiger partial charge is 0.356 e. The zero-order chi connectivity index (χ0) is 14.5. The Balaban J connectivity index is 2.22. The van der Waals surface area contributed by atoms with Gasteiger partial charge in [0.25, 0.3) is 0 Å². The molecule has 0 fully saturated rings. The van der Waals surface area contributed by atoms with E-state index < -0.39 is 5.97 Å². The molecule has 0 saturated carbocycles. The van der Waals surface area contributed by atoms with E-state index in [4.69, 9.17) is 9.94 Å². The summed E-state index contributed by atoms with van der Waals surface area (Å²) in [5.74, 6) is -1.11. The number of nitrogens with one attached hydrogen (secondary N) is 1. The Bertz CT molecular complexity index is 673. The second-order valence-electron chi connectivity index (χ2n) is 4.12. The molecule has 0 radical (unpaired) electrons. The number of nitrogens with zero attached hydrogens (tertiary/aromatic N) is 1. The van der Waals surface area contributed by atoms with Gasteiger partial charge in [-0.3, -0.25) is 4.79 Å². The van der Waals surface area contributed by atoms with E-state index >= 15 is 0 Å². The Morgan fingerprint density at radius 3 is 2.80 bits per heavy atom. The lowest BCUT2D eigenvalue weighted by Gasteiger charge is -2.03. The Hall–Kier alpha value is -2.63. The van der Waals surface area contributed by atoms with Crippen LogP contribution in [0, 0.1) is 0 Å². The van der Waals surface area contributed by atoms with Crippen molar-refractivity contribution in [1.29, 1.82) is 0 Å². The number of benzene rings is 1. The van der Waals surface area contributed by atoms with Crippen molar-refractivity contribution in [2.75, 3.05) is 6.61 Å². The fraction of sp³-hybridized carbons (Fsp3) is 0.214. The highest BCUT2D eigenvalue weighted by atomic mass is 16.5. The van der Waals surface area contributed by atoms with Crippen molar-refractivity contribution in [1.82, 2.24) is 4.98 Å². The first kappa shape index (κ1) is 13.8. The number of carbonyl (C=O) groups excluding carboxylic acids is 2. The maximum atomic E-state index is 12.2. The van der Waals surface area contributed by atoms with Gasteiger partial charge in [0.1, 0.15) is 0 Å². The Labute approximate surface area is 115 Å². The topological polar surface area (TPSA) is 91.8 Å². The van der Waals surface area contributed by atoms with E-state index in [0.717, 1.165) is 10.9 Å². The van der Waals surface area contributed by atoms with Crippen molar-refractivity contribution in [2.24, 2.45) is 5.16 Å². The minimum atomic E-state index is -0.789. The average molecular weight is 274 g/mol. The van der Waals surface area contributed by atoms with Gasteiger partial charge in [-0.25, -0.2) is 4.79 Å². The number of fused-ring (bicyclic) bond motifs is 1. The molecular formula is C14H14N2O4. The Kier molecular flexibility index (Phi) is 4.14. The molecule has 6 nitrogen and oxygen atoms in total. The molecule has 2 aromatic rings. The third-order valence-electron chi connectivity index (χ3n) is 2.85. The number of carbonyl (C=O) groups is 2. The molecule has 0 aliphatic heterocycles. The van der Waals surface area contributed by atoms with Gasteiger partial charge in [0.15, 0.2) is 11.5 Å². The van der Waals surface area contributed by atoms with E-state index in [1.807, 2.05) is 18.2 Å². The van der Waals surface area contributed by atoms with Gasteiger partial charge in [-0.15, -0.1) is 0 Å². The summed E-state index contributed by atoms with van der Waals surface area (Å²) in [6.07, 6.45) is 1.27. The number of ketones is 1. The van der Waals surface area contributed by atoms with Crippen molar-refractivity contribution in [3.63, 3.8) is 0 Å². The molecule has 0 amide bonds. The maximum absolute atomic E-state index is 12.2. The largest absolute Gasteiger partial charge is 0.461 e. The average Bonchev–Trinajstić information content (AvgIpc) is 2.88. The van der Waals surface area contributed by atoms with Crippen LogP contribution in [0.25, 0.3) is 10.9 Å². The van der Waals surface area contributed by atoms with E-state index in [9.17, 15) is 9.59 Å². The van der Waals surface area contributed by atoms with Gasteiger partial charge in [-0.2, -0.15) is 0 Å². The van der Waals surface area contributed by atoms with Crippen molar-refractivity contribution in [2.45, 2.75) is 13.3 Å². The number of esters is 1. The number of hydrogen-bond acceptors (Lipinski definition) is 5. The normalized spacial score (nSPS) is 11.6. The zero-order valence-electron chi connectivity index (χ0n) is 10.9. The van der Waals surface area contributed by atoms with Gasteiger partial charge in [0, 0.05) is 22.7 Å². The van der Waals surface area contributed by atoms with E-state index in [0.29, 0.717) is 5.56 Å². The number of hydrogen-bond donors (Lipinski definition) is 2. The lowest BCUT2D eigenvalue weighted by atomic mass is 10.0. The van der Waals surface area contributed by atoms with Crippen LogP contribution >= 0.6 is 0 Å². The number of aromatic amines is 1. The van der Waals surface area contributed by atoms with Crippen molar-refractivity contribution < 1.29 is 19.5 Å². The monoisotopic (exact) mass is 274 g/mol. The summed E-state index contributed by atoms with van der Waals surface area (Å²) >= 11 is 0. The summed E-state index contributed by atoms with van der Waals surface area (Å²) in [6, 6.07) is 7.32. The molecule has 0 aliphatic carbocycles. The molecule has 1 aromatic heterocycles. The van der Waals surface area contributed by atoms with Gasteiger partial charge >= 0.3 is 5.97 Å². The van der Waals surface area contributed by atoms with Crippen LogP contribution in [-0.4, -0.2) is 34.3 Å². The van der Waals surface area contributed by atoms with E-state index in [1.54, 1.807) is 19.2 Å². The van der Waals surface area contributed by atoms with E-state index in [-0.39, 0.29) is 24.5 Å². The summed E-state index contributed by atoms with van der Waals surface area (Å²) in [6.45, 7) is 1.79. The third-order valence-corrected chi connectivity index (χ3v) is 2.85. The quantitative estimate of drug-likeness (QED) is 0.287. The van der Waals surface area contributed by atoms with Crippen LogP contribution in [0.15, 0.2) is 35.6 Å². The minimum Gasteiger partial charge on any atom is -0.461 e. The number of rotatable bonds is 5. The Morgan fingerprint density at radius 2 is 2.10 bits per heavy atom. The van der Waals surface area contributed by atoms with Gasteiger partial charge < -0.3 is 14.9 Å². The number of ether oxygens (including phenoxy) is 1. The third kappa shape index (κ3) is 2.69. The van der Waals surface area contributed by atoms with Crippen LogP contribution in [0.4, 0.5) is 0 Å². The molecule has 1 aromatic carbocycles. The summed E-state index contributed by atoms with van der Waals surface area (Å²) < 4.78 is 4.71. The second-order valence-corrected chi connectivity index (χ2v) is 4.12. The molecule has 0 bridgehead atoms. The van der Waals surface area contributed by atoms with Gasteiger partial charge in [0.05, 0.1) is 13.0 Å². The highest BCUT2D eigenvalue weighted by Gasteiger charge is 2.20. The number of para-hydroxylation sites is 1. The first-order valence-corrected chi connectivity index (χ1v) is 6.14. The van der Waals surface area contributed by atoms with Gasteiger partial charge in [0.2, 0.25) is 0 Å². The van der Waals surface area contributed by atoms with Crippen LogP contribution in [0.5, 0.6) is 0 Å². The van der Waals surface area contributed by atoms with Crippen LogP contribution in [0.1, 0.15) is 23.7 Å². The highest BCUT2D eigenvalue weighted by molar-refractivity contribution is 6.41. The highest BCUT2D eigenvalue weighted by Crippen LogP contribution is 2.19. The Morgan fingerprint density at radius 1 is 1.35 bits per heavy atom.